The molecule has 3 amide bonds. The Labute approximate surface area is 162 Å². The lowest BCUT2D eigenvalue weighted by molar-refractivity contribution is 0.0665. The minimum atomic E-state index is -0.0720. The molecule has 0 unspecified atom stereocenters. The fraction of sp³-hybridized carbons (Fsp3) is 0.421. The van der Waals surface area contributed by atoms with E-state index in [0.29, 0.717) is 50.6 Å². The number of carbonyl (C=O) groups is 2. The van der Waals surface area contributed by atoms with Gasteiger partial charge in [0, 0.05) is 43.7 Å². The van der Waals surface area contributed by atoms with Crippen molar-refractivity contribution in [3.8, 4) is 5.75 Å². The second kappa shape index (κ2) is 8.85. The third kappa shape index (κ3) is 4.97. The van der Waals surface area contributed by atoms with Crippen LogP contribution in [-0.4, -0.2) is 59.4 Å². The zero-order valence-electron chi connectivity index (χ0n) is 15.6. The lowest BCUT2D eigenvalue weighted by atomic mass is 10.1. The number of ether oxygens (including phenoxy) is 1. The van der Waals surface area contributed by atoms with Crippen molar-refractivity contribution >= 4 is 23.3 Å². The first kappa shape index (κ1) is 19.2. The van der Waals surface area contributed by atoms with E-state index in [2.05, 4.69) is 10.3 Å². The molecule has 1 aromatic heterocycles. The van der Waals surface area contributed by atoms with E-state index in [1.807, 2.05) is 31.4 Å². The Kier molecular flexibility index (Phi) is 6.28. The Hall–Kier alpha value is -2.61. The normalized spacial score (nSPS) is 14.1. The third-order valence-electron chi connectivity index (χ3n) is 4.32. The maximum atomic E-state index is 12.8. The Balaban J connectivity index is 1.56. The molecule has 1 fully saturated rings. The lowest BCUT2D eigenvalue weighted by Gasteiger charge is -2.34. The van der Waals surface area contributed by atoms with E-state index in [4.69, 9.17) is 4.74 Å². The second-order valence-corrected chi connectivity index (χ2v) is 7.35. The summed E-state index contributed by atoms with van der Waals surface area (Å²) >= 11 is 1.59. The van der Waals surface area contributed by atoms with Crippen molar-refractivity contribution in [1.82, 2.24) is 20.1 Å². The molecule has 0 atom stereocenters. The number of urea groups is 1. The highest BCUT2D eigenvalue weighted by Gasteiger charge is 2.24. The second-order valence-electron chi connectivity index (χ2n) is 6.29. The standard InChI is InChI=1S/C19H24N4O3S/c1-3-20-19(25)23-9-7-22(8-10-23)18(24)15-5-4-6-17(11-15)26-12-16-13-27-14(2)21-16/h4-6,11,13H,3,7-10,12H2,1-2H3,(H,20,25). The summed E-state index contributed by atoms with van der Waals surface area (Å²) in [5.41, 5.74) is 1.48. The largest absolute Gasteiger partial charge is 0.487 e. The van der Waals surface area contributed by atoms with Crippen LogP contribution in [0.2, 0.25) is 0 Å². The molecule has 3 rings (SSSR count). The lowest BCUT2D eigenvalue weighted by Crippen LogP contribution is -2.53. The molecule has 0 aliphatic carbocycles. The van der Waals surface area contributed by atoms with Crippen LogP contribution in [-0.2, 0) is 6.61 Å². The Bertz CT molecular complexity index is 800. The molecular formula is C19H24N4O3S. The van der Waals surface area contributed by atoms with E-state index in [9.17, 15) is 9.59 Å². The van der Waals surface area contributed by atoms with Crippen LogP contribution >= 0.6 is 11.3 Å². The molecule has 2 heterocycles. The van der Waals surface area contributed by atoms with Gasteiger partial charge >= 0.3 is 6.03 Å². The fourth-order valence-electron chi connectivity index (χ4n) is 2.91. The maximum Gasteiger partial charge on any atom is 0.317 e. The molecule has 1 aliphatic heterocycles. The van der Waals surface area contributed by atoms with Crippen LogP contribution in [0, 0.1) is 6.92 Å². The molecule has 1 saturated heterocycles. The van der Waals surface area contributed by atoms with Crippen LogP contribution in [0.1, 0.15) is 28.0 Å². The molecule has 2 aromatic rings. The van der Waals surface area contributed by atoms with E-state index in [-0.39, 0.29) is 11.9 Å². The molecule has 7 nitrogen and oxygen atoms in total. The highest BCUT2D eigenvalue weighted by atomic mass is 32.1. The molecule has 0 spiro atoms. The van der Waals surface area contributed by atoms with Crippen molar-refractivity contribution in [2.75, 3.05) is 32.7 Å². The number of hydrogen-bond donors (Lipinski definition) is 1. The number of nitrogens with zero attached hydrogens (tertiary/aromatic N) is 3. The van der Waals surface area contributed by atoms with Gasteiger partial charge in [0.25, 0.3) is 5.91 Å². The first-order valence-electron chi connectivity index (χ1n) is 9.02. The van der Waals surface area contributed by atoms with Crippen LogP contribution in [0.3, 0.4) is 0 Å². The predicted molar refractivity (Wildman–Crippen MR) is 104 cm³/mol. The Morgan fingerprint density at radius 1 is 1.22 bits per heavy atom. The van der Waals surface area contributed by atoms with Gasteiger partial charge in [-0.05, 0) is 32.0 Å². The van der Waals surface area contributed by atoms with Gasteiger partial charge in [0.2, 0.25) is 0 Å². The highest BCUT2D eigenvalue weighted by molar-refractivity contribution is 7.09. The predicted octanol–water partition coefficient (Wildman–Crippen LogP) is 2.52. The summed E-state index contributed by atoms with van der Waals surface area (Å²) in [6.45, 7) is 6.96. The zero-order chi connectivity index (χ0) is 19.2. The fourth-order valence-corrected chi connectivity index (χ4v) is 3.51. The highest BCUT2D eigenvalue weighted by Crippen LogP contribution is 2.18. The number of aryl methyl sites for hydroxylation is 1. The Morgan fingerprint density at radius 3 is 2.63 bits per heavy atom. The van der Waals surface area contributed by atoms with Crippen molar-refractivity contribution < 1.29 is 14.3 Å². The van der Waals surface area contributed by atoms with E-state index in [1.165, 1.54) is 0 Å². The number of rotatable bonds is 5. The minimum absolute atomic E-state index is 0.0412. The summed E-state index contributed by atoms with van der Waals surface area (Å²) < 4.78 is 5.77. The van der Waals surface area contributed by atoms with Crippen LogP contribution < -0.4 is 10.1 Å². The van der Waals surface area contributed by atoms with Gasteiger partial charge in [0.1, 0.15) is 12.4 Å². The summed E-state index contributed by atoms with van der Waals surface area (Å²) in [6.07, 6.45) is 0. The number of carbonyl (C=O) groups excluding carboxylic acids is 2. The minimum Gasteiger partial charge on any atom is -0.487 e. The summed E-state index contributed by atoms with van der Waals surface area (Å²) in [7, 11) is 0. The maximum absolute atomic E-state index is 12.8. The molecular weight excluding hydrogens is 364 g/mol. The Morgan fingerprint density at radius 2 is 1.96 bits per heavy atom. The zero-order valence-corrected chi connectivity index (χ0v) is 16.4. The summed E-state index contributed by atoms with van der Waals surface area (Å²) in [6, 6.07) is 7.14. The quantitative estimate of drug-likeness (QED) is 0.854. The van der Waals surface area contributed by atoms with Crippen LogP contribution in [0.5, 0.6) is 5.75 Å². The van der Waals surface area contributed by atoms with Crippen molar-refractivity contribution in [3.05, 3.63) is 45.9 Å². The van der Waals surface area contributed by atoms with Crippen LogP contribution in [0.4, 0.5) is 4.79 Å². The molecule has 8 heteroatoms. The van der Waals surface area contributed by atoms with Gasteiger partial charge in [-0.1, -0.05) is 6.07 Å². The van der Waals surface area contributed by atoms with E-state index >= 15 is 0 Å². The van der Waals surface area contributed by atoms with Crippen LogP contribution in [0.15, 0.2) is 29.6 Å². The monoisotopic (exact) mass is 388 g/mol. The van der Waals surface area contributed by atoms with E-state index in [1.54, 1.807) is 33.3 Å². The van der Waals surface area contributed by atoms with E-state index in [0.717, 1.165) is 10.7 Å². The van der Waals surface area contributed by atoms with Crippen molar-refractivity contribution in [2.45, 2.75) is 20.5 Å². The van der Waals surface area contributed by atoms with Gasteiger partial charge in [-0.25, -0.2) is 9.78 Å². The van der Waals surface area contributed by atoms with Gasteiger partial charge in [-0.15, -0.1) is 11.3 Å². The average molecular weight is 388 g/mol. The van der Waals surface area contributed by atoms with Crippen molar-refractivity contribution in [3.63, 3.8) is 0 Å². The first-order valence-corrected chi connectivity index (χ1v) is 9.90. The number of hydrogen-bond acceptors (Lipinski definition) is 5. The summed E-state index contributed by atoms with van der Waals surface area (Å²) in [4.78, 5) is 32.5. The molecule has 0 radical (unpaired) electrons. The number of thiazole rings is 1. The van der Waals surface area contributed by atoms with Gasteiger partial charge in [-0.2, -0.15) is 0 Å². The molecule has 27 heavy (non-hydrogen) atoms. The molecule has 1 aliphatic rings. The smallest absolute Gasteiger partial charge is 0.317 e. The number of piperazine rings is 1. The number of nitrogens with one attached hydrogen (secondary N) is 1. The van der Waals surface area contributed by atoms with Gasteiger partial charge in [0.05, 0.1) is 10.7 Å². The van der Waals surface area contributed by atoms with E-state index < -0.39 is 0 Å². The summed E-state index contributed by atoms with van der Waals surface area (Å²) in [5, 5.41) is 5.76. The summed E-state index contributed by atoms with van der Waals surface area (Å²) in [5.74, 6) is 0.605. The molecule has 1 N–H and O–H groups in total. The molecule has 0 saturated carbocycles. The van der Waals surface area contributed by atoms with Gasteiger partial charge < -0.3 is 19.9 Å². The van der Waals surface area contributed by atoms with Crippen molar-refractivity contribution in [2.24, 2.45) is 0 Å². The number of amides is 3. The van der Waals surface area contributed by atoms with Gasteiger partial charge in [-0.3, -0.25) is 4.79 Å². The number of benzene rings is 1. The SMILES string of the molecule is CCNC(=O)N1CCN(C(=O)c2cccc(OCc3csc(C)n3)c2)CC1. The average Bonchev–Trinajstić information content (AvgIpc) is 3.11. The topological polar surface area (TPSA) is 74.8 Å². The van der Waals surface area contributed by atoms with Crippen molar-refractivity contribution in [1.29, 1.82) is 0 Å². The third-order valence-corrected chi connectivity index (χ3v) is 5.14. The van der Waals surface area contributed by atoms with Crippen LogP contribution in [0.25, 0.3) is 0 Å². The molecule has 0 bridgehead atoms. The molecule has 1 aromatic carbocycles. The molecule has 144 valence electrons. The number of aromatic nitrogens is 1. The van der Waals surface area contributed by atoms with Gasteiger partial charge in [0.15, 0.2) is 0 Å². The first-order chi connectivity index (χ1) is 13.1.